The summed E-state index contributed by atoms with van der Waals surface area (Å²) in [5.41, 5.74) is 0.815. The zero-order valence-electron chi connectivity index (χ0n) is 38.3. The molecular weight excluding hydrogens is 747 g/mol. The van der Waals surface area contributed by atoms with Crippen LogP contribution in [-0.4, -0.2) is 131 Å². The average Bonchev–Trinajstić information content (AvgIpc) is 3.58. The topological polar surface area (TPSA) is 156 Å². The summed E-state index contributed by atoms with van der Waals surface area (Å²) in [4.78, 5) is 57.5. The Kier molecular flexibility index (Phi) is 37.7. The number of aryl methyl sites for hydroxylation is 1. The van der Waals surface area contributed by atoms with Crippen molar-refractivity contribution in [3.05, 3.63) is 35.9 Å². The predicted octanol–water partition coefficient (Wildman–Crippen LogP) is 7.61. The molecule has 0 bridgehead atoms. The number of carbonyl (C=O) groups excluding carboxylic acids is 4. The van der Waals surface area contributed by atoms with Crippen molar-refractivity contribution in [2.45, 2.75) is 144 Å². The molecular formula is C43H83N4O9P. The van der Waals surface area contributed by atoms with Gasteiger partial charge in [-0.3, -0.25) is 4.79 Å². The van der Waals surface area contributed by atoms with E-state index in [4.69, 9.17) is 18.7 Å². The van der Waals surface area contributed by atoms with E-state index in [1.807, 2.05) is 39.2 Å². The van der Waals surface area contributed by atoms with E-state index >= 15 is 0 Å². The van der Waals surface area contributed by atoms with Gasteiger partial charge in [-0.1, -0.05) is 96.7 Å². The van der Waals surface area contributed by atoms with Gasteiger partial charge in [0, 0.05) is 32.7 Å². The first kappa shape index (κ1) is 58.8. The van der Waals surface area contributed by atoms with Crippen LogP contribution in [0.25, 0.3) is 0 Å². The fourth-order valence-electron chi connectivity index (χ4n) is 5.75. The van der Waals surface area contributed by atoms with Crippen LogP contribution in [0.1, 0.15) is 113 Å². The van der Waals surface area contributed by atoms with Gasteiger partial charge in [0.1, 0.15) is 18.2 Å². The molecule has 13 nitrogen and oxygen atoms in total. The third kappa shape index (κ3) is 31.1. The van der Waals surface area contributed by atoms with E-state index < -0.39 is 20.1 Å². The molecule has 1 aromatic rings. The largest absolute Gasteiger partial charge is 0.444 e. The molecule has 14 heteroatoms. The number of alkyl carbamates (subject to hydrolysis) is 1. The summed E-state index contributed by atoms with van der Waals surface area (Å²) in [7, 11) is 7.90. The van der Waals surface area contributed by atoms with Crippen molar-refractivity contribution in [3.8, 4) is 0 Å². The maximum Gasteiger partial charge on any atom is 0.408 e. The van der Waals surface area contributed by atoms with Crippen LogP contribution >= 0.6 is 8.38 Å². The van der Waals surface area contributed by atoms with Crippen molar-refractivity contribution in [2.75, 3.05) is 61.3 Å². The van der Waals surface area contributed by atoms with Crippen molar-refractivity contribution < 1.29 is 42.8 Å². The SMILES string of the molecule is CC(C)(C)OC(=O)NCC=O.CCC.CCC(C)C(C(CC=O)OC)N(C)C.CCCCOP(O)CNC(=O)C(C)C(OC)C1CCCN1C.Cc1ccccc1. The molecule has 1 saturated heterocycles. The molecule has 334 valence electrons. The number of carbonyl (C=O) groups is 4. The lowest BCUT2D eigenvalue weighted by Gasteiger charge is -2.34. The van der Waals surface area contributed by atoms with Gasteiger partial charge in [0.2, 0.25) is 5.91 Å². The molecule has 1 aliphatic rings. The number of hydrogen-bond acceptors (Lipinski definition) is 11. The van der Waals surface area contributed by atoms with Crippen LogP contribution in [0.2, 0.25) is 0 Å². The smallest absolute Gasteiger partial charge is 0.408 e. The second kappa shape index (κ2) is 36.6. The Morgan fingerprint density at radius 3 is 2.00 bits per heavy atom. The van der Waals surface area contributed by atoms with Crippen molar-refractivity contribution in [3.63, 3.8) is 0 Å². The van der Waals surface area contributed by atoms with E-state index in [0.717, 1.165) is 44.9 Å². The lowest BCUT2D eigenvalue weighted by molar-refractivity contribution is -0.130. The molecule has 0 radical (unpaired) electrons. The van der Waals surface area contributed by atoms with Crippen molar-refractivity contribution >= 4 is 32.9 Å². The minimum absolute atomic E-state index is 0.00505. The number of nitrogens with zero attached hydrogens (tertiary/aromatic N) is 2. The quantitative estimate of drug-likeness (QED) is 0.0717. The third-order valence-electron chi connectivity index (χ3n) is 8.77. The second-order valence-electron chi connectivity index (χ2n) is 15.3. The Hall–Kier alpha value is -2.51. The number of amides is 2. The highest BCUT2D eigenvalue weighted by Gasteiger charge is 2.36. The summed E-state index contributed by atoms with van der Waals surface area (Å²) in [6.07, 6.45) is 8.00. The zero-order valence-corrected chi connectivity index (χ0v) is 39.2. The van der Waals surface area contributed by atoms with Gasteiger partial charge in [-0.25, -0.2) is 4.79 Å². The summed E-state index contributed by atoms with van der Waals surface area (Å²) in [6.45, 7) is 21.5. The third-order valence-corrected chi connectivity index (χ3v) is 9.68. The number of methoxy groups -OCH3 is 2. The van der Waals surface area contributed by atoms with E-state index in [1.54, 1.807) is 35.0 Å². The minimum atomic E-state index is -1.58. The van der Waals surface area contributed by atoms with Crippen LogP contribution in [0.5, 0.6) is 0 Å². The summed E-state index contributed by atoms with van der Waals surface area (Å²) in [5, 5.41) is 5.04. The molecule has 0 saturated carbocycles. The van der Waals surface area contributed by atoms with E-state index in [1.165, 1.54) is 12.0 Å². The molecule has 0 aliphatic carbocycles. The van der Waals surface area contributed by atoms with Crippen molar-refractivity contribution in [1.29, 1.82) is 0 Å². The first-order chi connectivity index (χ1) is 26.8. The van der Waals surface area contributed by atoms with Gasteiger partial charge in [0.15, 0.2) is 8.38 Å². The molecule has 7 atom stereocenters. The molecule has 1 fully saturated rings. The number of likely N-dealkylation sites (N-methyl/N-ethyl adjacent to an activating group) is 2. The molecule has 7 unspecified atom stereocenters. The molecule has 2 rings (SSSR count). The Morgan fingerprint density at radius 2 is 1.61 bits per heavy atom. The normalized spacial score (nSPS) is 16.8. The molecule has 1 aliphatic heterocycles. The minimum Gasteiger partial charge on any atom is -0.444 e. The fourth-order valence-corrected chi connectivity index (χ4v) is 6.48. The first-order valence-electron chi connectivity index (χ1n) is 20.5. The maximum atomic E-state index is 12.3. The maximum absolute atomic E-state index is 12.3. The van der Waals surface area contributed by atoms with Crippen LogP contribution in [-0.2, 0) is 33.1 Å². The van der Waals surface area contributed by atoms with E-state index in [9.17, 15) is 24.1 Å². The number of unbranched alkanes of at least 4 members (excludes halogenated alkanes) is 1. The van der Waals surface area contributed by atoms with Crippen LogP contribution in [0.3, 0.4) is 0 Å². The number of benzene rings is 1. The highest BCUT2D eigenvalue weighted by Crippen LogP contribution is 2.30. The molecule has 3 N–H and O–H groups in total. The van der Waals surface area contributed by atoms with E-state index in [0.29, 0.717) is 31.3 Å². The van der Waals surface area contributed by atoms with E-state index in [-0.39, 0.29) is 42.9 Å². The average molecular weight is 831 g/mol. The van der Waals surface area contributed by atoms with Crippen LogP contribution < -0.4 is 10.6 Å². The van der Waals surface area contributed by atoms with E-state index in [2.05, 4.69) is 81.2 Å². The highest BCUT2D eigenvalue weighted by atomic mass is 31.2. The molecule has 1 heterocycles. The second-order valence-corrected chi connectivity index (χ2v) is 16.6. The lowest BCUT2D eigenvalue weighted by Crippen LogP contribution is -2.46. The van der Waals surface area contributed by atoms with Crippen molar-refractivity contribution in [2.24, 2.45) is 11.8 Å². The predicted molar refractivity (Wildman–Crippen MR) is 234 cm³/mol. The Labute approximate surface area is 348 Å². The van der Waals surface area contributed by atoms with Crippen LogP contribution in [0.15, 0.2) is 30.3 Å². The highest BCUT2D eigenvalue weighted by molar-refractivity contribution is 7.46. The fraction of sp³-hybridized carbons (Fsp3) is 0.767. The number of likely N-dealkylation sites (tertiary alicyclic amines) is 1. The van der Waals surface area contributed by atoms with Gasteiger partial charge in [-0.2, -0.15) is 0 Å². The number of aldehydes is 2. The summed E-state index contributed by atoms with van der Waals surface area (Å²) >= 11 is 0. The number of hydrogen-bond donors (Lipinski definition) is 3. The number of nitrogens with one attached hydrogen (secondary N) is 2. The van der Waals surface area contributed by atoms with Crippen LogP contribution in [0.4, 0.5) is 4.79 Å². The molecule has 2 amide bonds. The van der Waals surface area contributed by atoms with Gasteiger partial charge in [-0.05, 0) is 80.6 Å². The monoisotopic (exact) mass is 831 g/mol. The first-order valence-corrected chi connectivity index (χ1v) is 21.9. The molecule has 0 aromatic heterocycles. The van der Waals surface area contributed by atoms with Crippen molar-refractivity contribution in [1.82, 2.24) is 20.4 Å². The zero-order chi connectivity index (χ0) is 44.4. The summed E-state index contributed by atoms with van der Waals surface area (Å²) in [6, 6.07) is 10.9. The van der Waals surface area contributed by atoms with Gasteiger partial charge >= 0.3 is 6.09 Å². The Bertz CT molecular complexity index is 1130. The van der Waals surface area contributed by atoms with Crippen LogP contribution in [0, 0.1) is 18.8 Å². The standard InChI is InChI=1S/C15H31N2O4P.C11H23NO2.C7H13NO3.C7H8.C3H8/c1-5-6-10-21-22(19)11-16-15(18)12(2)14(20-4)13-8-7-9-17(13)3;1-6-9(2)11(12(3)4)10(14-5)7-8-13;1-7(2,3)11-6(10)8-4-5-9;1-7-5-3-2-4-6-7;1-3-2/h12-14,19H,5-11H2,1-4H3,(H,16,18);8-11H,6-7H2,1-5H3;5H,4H2,1-3H3,(H,8,10);2-6H,1H3;3H2,1-2H3. The van der Waals surface area contributed by atoms with Gasteiger partial charge in [0.05, 0.1) is 37.6 Å². The summed E-state index contributed by atoms with van der Waals surface area (Å²) in [5.74, 6) is 0.192. The Morgan fingerprint density at radius 1 is 1.02 bits per heavy atom. The van der Waals surface area contributed by atoms with Gasteiger partial charge < -0.3 is 53.7 Å². The molecule has 57 heavy (non-hydrogen) atoms. The Balaban J connectivity index is -0.000000716. The molecule has 1 aromatic carbocycles. The van der Waals surface area contributed by atoms with Gasteiger partial charge in [-0.15, -0.1) is 0 Å². The summed E-state index contributed by atoms with van der Waals surface area (Å²) < 4.78 is 21.1. The number of ether oxygens (including phenoxy) is 3. The van der Waals surface area contributed by atoms with Gasteiger partial charge in [0.25, 0.3) is 0 Å². The molecule has 0 spiro atoms. The lowest BCUT2D eigenvalue weighted by atomic mass is 9.92. The number of rotatable bonds is 19.